The average molecular weight is 226 g/mol. The Hall–Kier alpha value is -1.13. The van der Waals surface area contributed by atoms with Crippen LogP contribution in [0.1, 0.15) is 18.9 Å². The molecule has 0 aliphatic carbocycles. The van der Waals surface area contributed by atoms with Gasteiger partial charge in [0.05, 0.1) is 19.8 Å². The molecule has 1 aromatic rings. The van der Waals surface area contributed by atoms with E-state index in [1.54, 1.807) is 19.1 Å². The highest BCUT2D eigenvalue weighted by Gasteiger charge is 2.42. The molecule has 3 nitrogen and oxygen atoms in total. The van der Waals surface area contributed by atoms with Gasteiger partial charge in [-0.3, -0.25) is 0 Å². The zero-order valence-electron chi connectivity index (χ0n) is 9.37. The van der Waals surface area contributed by atoms with Gasteiger partial charge in [-0.05, 0) is 19.1 Å². The molecule has 1 saturated heterocycles. The Bertz CT molecular complexity index is 394. The van der Waals surface area contributed by atoms with Crippen molar-refractivity contribution in [1.82, 2.24) is 0 Å². The molecule has 2 unspecified atom stereocenters. The largest absolute Gasteiger partial charge is 0.497 e. The standard InChI is InChI=1S/C12H15FO3/c1-8-12(14,5-6-16-8)10-4-3-9(15-2)7-11(10)13/h3-4,7-8,14H,5-6H2,1-2H3. The Balaban J connectivity index is 2.40. The second-order valence-corrected chi connectivity index (χ2v) is 4.03. The van der Waals surface area contributed by atoms with E-state index in [-0.39, 0.29) is 5.56 Å². The van der Waals surface area contributed by atoms with Crippen LogP contribution in [0.15, 0.2) is 18.2 Å². The van der Waals surface area contributed by atoms with Gasteiger partial charge in [0.2, 0.25) is 0 Å². The van der Waals surface area contributed by atoms with Crippen LogP contribution in [0.5, 0.6) is 5.75 Å². The third-order valence-corrected chi connectivity index (χ3v) is 3.17. The topological polar surface area (TPSA) is 38.7 Å². The maximum atomic E-state index is 13.8. The van der Waals surface area contributed by atoms with Crippen LogP contribution in [0.2, 0.25) is 0 Å². The Kier molecular flexibility index (Phi) is 2.86. The quantitative estimate of drug-likeness (QED) is 0.836. The molecule has 4 heteroatoms. The van der Waals surface area contributed by atoms with Gasteiger partial charge >= 0.3 is 0 Å². The minimum atomic E-state index is -1.23. The minimum Gasteiger partial charge on any atom is -0.497 e. The molecule has 1 fully saturated rings. The summed E-state index contributed by atoms with van der Waals surface area (Å²) in [5.74, 6) is -0.0179. The molecule has 0 radical (unpaired) electrons. The molecule has 1 aliphatic heterocycles. The molecule has 1 N–H and O–H groups in total. The predicted octanol–water partition coefficient (Wildman–Crippen LogP) is 1.83. The van der Waals surface area contributed by atoms with Crippen LogP contribution in [-0.4, -0.2) is 24.9 Å². The van der Waals surface area contributed by atoms with E-state index in [2.05, 4.69) is 0 Å². The van der Waals surface area contributed by atoms with E-state index in [1.165, 1.54) is 13.2 Å². The van der Waals surface area contributed by atoms with E-state index in [0.717, 1.165) is 0 Å². The van der Waals surface area contributed by atoms with E-state index in [0.29, 0.717) is 18.8 Å². The molecule has 1 aliphatic rings. The summed E-state index contributed by atoms with van der Waals surface area (Å²) in [6.45, 7) is 2.19. The van der Waals surface area contributed by atoms with Crippen molar-refractivity contribution in [3.63, 3.8) is 0 Å². The fourth-order valence-electron chi connectivity index (χ4n) is 2.06. The summed E-state index contributed by atoms with van der Waals surface area (Å²) in [4.78, 5) is 0. The fraction of sp³-hybridized carbons (Fsp3) is 0.500. The van der Waals surface area contributed by atoms with E-state index in [4.69, 9.17) is 9.47 Å². The Labute approximate surface area is 93.8 Å². The van der Waals surface area contributed by atoms with Crippen LogP contribution >= 0.6 is 0 Å². The number of methoxy groups -OCH3 is 1. The number of hydrogen-bond acceptors (Lipinski definition) is 3. The number of hydrogen-bond donors (Lipinski definition) is 1. The van der Waals surface area contributed by atoms with E-state index < -0.39 is 17.5 Å². The summed E-state index contributed by atoms with van der Waals surface area (Å²) in [7, 11) is 1.48. The molecule has 88 valence electrons. The van der Waals surface area contributed by atoms with Gasteiger partial charge in [0.1, 0.15) is 17.2 Å². The van der Waals surface area contributed by atoms with Gasteiger partial charge in [0.15, 0.2) is 0 Å². The summed E-state index contributed by atoms with van der Waals surface area (Å²) in [6.07, 6.45) is 0.0209. The zero-order valence-corrected chi connectivity index (χ0v) is 9.37. The van der Waals surface area contributed by atoms with Crippen LogP contribution in [0.3, 0.4) is 0 Å². The first-order chi connectivity index (χ1) is 7.58. The lowest BCUT2D eigenvalue weighted by molar-refractivity contribution is -0.0340. The van der Waals surface area contributed by atoms with Gasteiger partial charge in [-0.2, -0.15) is 0 Å². The molecule has 16 heavy (non-hydrogen) atoms. The van der Waals surface area contributed by atoms with Crippen LogP contribution < -0.4 is 4.74 Å². The highest BCUT2D eigenvalue weighted by atomic mass is 19.1. The Morgan fingerprint density at radius 3 is 2.81 bits per heavy atom. The lowest BCUT2D eigenvalue weighted by Gasteiger charge is -2.27. The normalized spacial score (nSPS) is 29.4. The SMILES string of the molecule is COc1ccc(C2(O)CCOC2C)c(F)c1. The van der Waals surface area contributed by atoms with Gasteiger partial charge in [0.25, 0.3) is 0 Å². The van der Waals surface area contributed by atoms with E-state index in [9.17, 15) is 9.50 Å². The van der Waals surface area contributed by atoms with Crippen molar-refractivity contribution in [2.45, 2.75) is 25.0 Å². The molecule has 2 rings (SSSR count). The van der Waals surface area contributed by atoms with Crippen molar-refractivity contribution >= 4 is 0 Å². The second kappa shape index (κ2) is 4.03. The van der Waals surface area contributed by atoms with Gasteiger partial charge in [-0.25, -0.2) is 4.39 Å². The lowest BCUT2D eigenvalue weighted by atomic mass is 9.87. The predicted molar refractivity (Wildman–Crippen MR) is 56.9 cm³/mol. The minimum absolute atomic E-state index is 0.276. The molecule has 1 heterocycles. The van der Waals surface area contributed by atoms with Crippen LogP contribution in [0, 0.1) is 5.82 Å². The van der Waals surface area contributed by atoms with Gasteiger partial charge in [-0.1, -0.05) is 0 Å². The highest BCUT2D eigenvalue weighted by Crippen LogP contribution is 2.37. The summed E-state index contributed by atoms with van der Waals surface area (Å²) < 4.78 is 24.0. The summed E-state index contributed by atoms with van der Waals surface area (Å²) >= 11 is 0. The Morgan fingerprint density at radius 1 is 1.56 bits per heavy atom. The molecular weight excluding hydrogens is 211 g/mol. The van der Waals surface area contributed by atoms with Crippen LogP contribution in [0.4, 0.5) is 4.39 Å². The third kappa shape index (κ3) is 1.68. The maximum Gasteiger partial charge on any atom is 0.133 e. The third-order valence-electron chi connectivity index (χ3n) is 3.17. The molecule has 0 spiro atoms. The summed E-state index contributed by atoms with van der Waals surface area (Å²) in [5, 5.41) is 10.4. The Morgan fingerprint density at radius 2 is 2.31 bits per heavy atom. The molecule has 1 aromatic carbocycles. The first-order valence-corrected chi connectivity index (χ1v) is 5.26. The molecule has 0 amide bonds. The maximum absolute atomic E-state index is 13.8. The van der Waals surface area contributed by atoms with Crippen molar-refractivity contribution in [3.05, 3.63) is 29.6 Å². The fourth-order valence-corrected chi connectivity index (χ4v) is 2.06. The molecule has 0 saturated carbocycles. The van der Waals surface area contributed by atoms with Crippen molar-refractivity contribution in [3.8, 4) is 5.75 Å². The van der Waals surface area contributed by atoms with Crippen molar-refractivity contribution < 1.29 is 19.0 Å². The first-order valence-electron chi connectivity index (χ1n) is 5.26. The average Bonchev–Trinajstić information content (AvgIpc) is 2.60. The van der Waals surface area contributed by atoms with Crippen molar-refractivity contribution in [2.75, 3.05) is 13.7 Å². The van der Waals surface area contributed by atoms with E-state index >= 15 is 0 Å². The van der Waals surface area contributed by atoms with Gasteiger partial charge in [0, 0.05) is 18.1 Å². The number of rotatable bonds is 2. The number of benzene rings is 1. The smallest absolute Gasteiger partial charge is 0.133 e. The monoisotopic (exact) mass is 226 g/mol. The molecular formula is C12H15FO3. The summed E-state index contributed by atoms with van der Waals surface area (Å²) in [5.41, 5.74) is -0.950. The van der Waals surface area contributed by atoms with Gasteiger partial charge in [-0.15, -0.1) is 0 Å². The molecule has 0 aromatic heterocycles. The molecule has 0 bridgehead atoms. The highest BCUT2D eigenvalue weighted by molar-refractivity contribution is 5.33. The van der Waals surface area contributed by atoms with E-state index in [1.807, 2.05) is 0 Å². The zero-order chi connectivity index (χ0) is 11.8. The van der Waals surface area contributed by atoms with Crippen molar-refractivity contribution in [2.24, 2.45) is 0 Å². The lowest BCUT2D eigenvalue weighted by Crippen LogP contribution is -2.34. The van der Waals surface area contributed by atoms with Crippen molar-refractivity contribution in [1.29, 1.82) is 0 Å². The first kappa shape index (κ1) is 11.4. The number of ether oxygens (including phenoxy) is 2. The van der Waals surface area contributed by atoms with Crippen LogP contribution in [0.25, 0.3) is 0 Å². The molecule has 2 atom stereocenters. The number of halogens is 1. The number of aliphatic hydroxyl groups is 1. The van der Waals surface area contributed by atoms with Crippen LogP contribution in [-0.2, 0) is 10.3 Å². The second-order valence-electron chi connectivity index (χ2n) is 4.03. The van der Waals surface area contributed by atoms with Gasteiger partial charge < -0.3 is 14.6 Å². The summed E-state index contributed by atoms with van der Waals surface area (Å²) in [6, 6.07) is 4.47.